The summed E-state index contributed by atoms with van der Waals surface area (Å²) in [6.07, 6.45) is 0.896. The van der Waals surface area contributed by atoms with Gasteiger partial charge in [0.1, 0.15) is 0 Å². The summed E-state index contributed by atoms with van der Waals surface area (Å²) in [6, 6.07) is -0.0651. The van der Waals surface area contributed by atoms with Crippen molar-refractivity contribution >= 4 is 12.8 Å². The van der Waals surface area contributed by atoms with Gasteiger partial charge in [-0.25, -0.2) is 10.4 Å². The van der Waals surface area contributed by atoms with Crippen molar-refractivity contribution in [2.45, 2.75) is 19.9 Å². The molecule has 0 aromatic rings. The summed E-state index contributed by atoms with van der Waals surface area (Å²) >= 11 is 0. The van der Waals surface area contributed by atoms with Crippen molar-refractivity contribution < 1.29 is 9.59 Å². The summed E-state index contributed by atoms with van der Waals surface area (Å²) in [6.45, 7) is 3.54. The minimum atomic E-state index is -0.0651. The Labute approximate surface area is 64.2 Å². The first-order chi connectivity index (χ1) is 5.22. The summed E-state index contributed by atoms with van der Waals surface area (Å²) in [5, 5.41) is 7.64. The fraction of sp³-hybridized carbons (Fsp3) is 0.600. The number of nitrogens with one attached hydrogen (secondary N) is 1. The van der Waals surface area contributed by atoms with Gasteiger partial charge < -0.3 is 0 Å². The molecule has 0 aromatic carbocycles. The minimum absolute atomic E-state index is 0.0651. The van der Waals surface area contributed by atoms with Gasteiger partial charge in [-0.2, -0.15) is 0 Å². The number of amides is 2. The Balaban J connectivity index is 3.85. The van der Waals surface area contributed by atoms with Crippen LogP contribution in [0.15, 0.2) is 10.4 Å². The first-order valence-corrected chi connectivity index (χ1v) is 3.05. The Morgan fingerprint density at radius 1 is 1.45 bits per heavy atom. The van der Waals surface area contributed by atoms with Crippen molar-refractivity contribution in [1.29, 1.82) is 0 Å². The second kappa shape index (κ2) is 5.33. The van der Waals surface area contributed by atoms with Gasteiger partial charge in [0.15, 0.2) is 0 Å². The Kier molecular flexibility index (Phi) is 4.63. The summed E-state index contributed by atoms with van der Waals surface area (Å²) in [7, 11) is 0. The van der Waals surface area contributed by atoms with Crippen molar-refractivity contribution in [2.24, 2.45) is 10.4 Å². The van der Waals surface area contributed by atoms with Crippen LogP contribution in [0.4, 0.5) is 0 Å². The van der Waals surface area contributed by atoms with E-state index in [1.807, 2.05) is 5.43 Å². The molecule has 0 fully saturated rings. The van der Waals surface area contributed by atoms with Crippen molar-refractivity contribution in [2.75, 3.05) is 0 Å². The highest BCUT2D eigenvalue weighted by Gasteiger charge is 2.02. The van der Waals surface area contributed by atoms with Gasteiger partial charge in [-0.05, 0) is 24.3 Å². The summed E-state index contributed by atoms with van der Waals surface area (Å²) in [5.41, 5.74) is 1.95. The van der Waals surface area contributed by atoms with E-state index in [4.69, 9.17) is 0 Å². The Hall–Kier alpha value is -1.46. The van der Waals surface area contributed by atoms with Crippen LogP contribution in [-0.2, 0) is 9.59 Å². The molecular formula is C5H10N4O2. The smallest absolute Gasteiger partial charge is 0.231 e. The normalized spacial score (nSPS) is 10.1. The van der Waals surface area contributed by atoms with Crippen LogP contribution in [0.25, 0.3) is 0 Å². The number of carbonyl (C=O) groups is 2. The fourth-order valence-corrected chi connectivity index (χ4v) is 0.347. The van der Waals surface area contributed by atoms with Crippen LogP contribution in [0.3, 0.4) is 0 Å². The predicted molar refractivity (Wildman–Crippen MR) is 37.1 cm³/mol. The average Bonchev–Trinajstić information content (AvgIpc) is 1.97. The lowest BCUT2D eigenvalue weighted by molar-refractivity contribution is -0.120. The lowest BCUT2D eigenvalue weighted by atomic mass is 10.4. The molecule has 0 aliphatic heterocycles. The van der Waals surface area contributed by atoms with Gasteiger partial charge in [-0.3, -0.25) is 9.59 Å². The van der Waals surface area contributed by atoms with Crippen molar-refractivity contribution in [1.82, 2.24) is 10.4 Å². The van der Waals surface area contributed by atoms with Gasteiger partial charge in [0, 0.05) is 0 Å². The van der Waals surface area contributed by atoms with Crippen LogP contribution in [0.1, 0.15) is 13.8 Å². The molecule has 6 nitrogen and oxygen atoms in total. The average molecular weight is 158 g/mol. The summed E-state index contributed by atoms with van der Waals surface area (Å²) in [5.74, 6) is 0. The molecule has 1 N–H and O–H groups in total. The number of hydrogen-bond acceptors (Lipinski definition) is 4. The van der Waals surface area contributed by atoms with E-state index >= 15 is 0 Å². The number of carbonyl (C=O) groups excluding carboxylic acids is 2. The molecule has 62 valence electrons. The highest BCUT2D eigenvalue weighted by molar-refractivity contribution is 5.46. The SMILES string of the molecule is CC(C)N(C=O)N=NNC=O. The van der Waals surface area contributed by atoms with Crippen LogP contribution in [0, 0.1) is 0 Å². The molecule has 0 rings (SSSR count). The predicted octanol–water partition coefficient (Wildman–Crippen LogP) is -0.119. The van der Waals surface area contributed by atoms with E-state index in [2.05, 4.69) is 10.4 Å². The Morgan fingerprint density at radius 3 is 2.45 bits per heavy atom. The van der Waals surface area contributed by atoms with Crippen LogP contribution in [0.5, 0.6) is 0 Å². The standard InChI is InChI=1S/C5H10N4O2/c1-5(2)9(4-11)8-7-6-3-10/h3-5H,1-2H3,(H,6,8,10). The number of rotatable bonds is 5. The van der Waals surface area contributed by atoms with Gasteiger partial charge >= 0.3 is 0 Å². The lowest BCUT2D eigenvalue weighted by Crippen LogP contribution is -2.23. The molecular weight excluding hydrogens is 148 g/mol. The van der Waals surface area contributed by atoms with Crippen molar-refractivity contribution in [3.05, 3.63) is 0 Å². The van der Waals surface area contributed by atoms with Crippen LogP contribution < -0.4 is 5.43 Å². The summed E-state index contributed by atoms with van der Waals surface area (Å²) in [4.78, 5) is 19.9. The van der Waals surface area contributed by atoms with E-state index in [-0.39, 0.29) is 6.04 Å². The largest absolute Gasteiger partial charge is 0.277 e. The van der Waals surface area contributed by atoms with E-state index in [0.717, 1.165) is 5.01 Å². The third kappa shape index (κ3) is 4.01. The fourth-order valence-electron chi connectivity index (χ4n) is 0.347. The van der Waals surface area contributed by atoms with E-state index < -0.39 is 0 Å². The van der Waals surface area contributed by atoms with Crippen molar-refractivity contribution in [3.8, 4) is 0 Å². The zero-order valence-corrected chi connectivity index (χ0v) is 6.39. The van der Waals surface area contributed by atoms with Crippen LogP contribution in [0.2, 0.25) is 0 Å². The van der Waals surface area contributed by atoms with E-state index in [9.17, 15) is 9.59 Å². The molecule has 0 radical (unpaired) electrons. The molecule has 0 bridgehead atoms. The van der Waals surface area contributed by atoms with Gasteiger partial charge in [-0.15, -0.1) is 0 Å². The minimum Gasteiger partial charge on any atom is -0.277 e. The second-order valence-corrected chi connectivity index (χ2v) is 2.02. The third-order valence-electron chi connectivity index (χ3n) is 0.896. The Bertz CT molecular complexity index is 157. The third-order valence-corrected chi connectivity index (χ3v) is 0.896. The van der Waals surface area contributed by atoms with Crippen LogP contribution >= 0.6 is 0 Å². The van der Waals surface area contributed by atoms with E-state index in [0.29, 0.717) is 12.8 Å². The first kappa shape index (κ1) is 9.54. The molecule has 6 heteroatoms. The van der Waals surface area contributed by atoms with E-state index in [1.54, 1.807) is 13.8 Å². The highest BCUT2D eigenvalue weighted by atomic mass is 16.2. The van der Waals surface area contributed by atoms with Gasteiger partial charge in [0.05, 0.1) is 6.04 Å². The lowest BCUT2D eigenvalue weighted by Gasteiger charge is -2.11. The maximum atomic E-state index is 10.2. The second-order valence-electron chi connectivity index (χ2n) is 2.02. The maximum Gasteiger partial charge on any atom is 0.231 e. The van der Waals surface area contributed by atoms with E-state index in [1.165, 1.54) is 0 Å². The number of nitrogens with zero attached hydrogens (tertiary/aromatic N) is 3. The summed E-state index contributed by atoms with van der Waals surface area (Å²) < 4.78 is 0. The number of hydrogen-bond donors (Lipinski definition) is 1. The molecule has 0 saturated carbocycles. The first-order valence-electron chi connectivity index (χ1n) is 3.05. The van der Waals surface area contributed by atoms with Gasteiger partial charge in [0.25, 0.3) is 0 Å². The Morgan fingerprint density at radius 2 is 2.09 bits per heavy atom. The molecule has 0 aliphatic carbocycles. The van der Waals surface area contributed by atoms with Crippen molar-refractivity contribution in [3.63, 3.8) is 0 Å². The molecule has 0 heterocycles. The van der Waals surface area contributed by atoms with Crippen LogP contribution in [-0.4, -0.2) is 23.9 Å². The molecule has 0 saturated heterocycles. The molecule has 0 atom stereocenters. The maximum absolute atomic E-state index is 10.2. The zero-order valence-electron chi connectivity index (χ0n) is 6.39. The quantitative estimate of drug-likeness (QED) is 0.344. The van der Waals surface area contributed by atoms with Gasteiger partial charge in [-0.1, -0.05) is 0 Å². The molecule has 0 unspecified atom stereocenters. The molecule has 0 spiro atoms. The molecule has 11 heavy (non-hydrogen) atoms. The molecule has 0 aromatic heterocycles. The zero-order chi connectivity index (χ0) is 8.69. The highest BCUT2D eigenvalue weighted by Crippen LogP contribution is 1.93. The molecule has 0 aliphatic rings. The molecule has 2 amide bonds. The monoisotopic (exact) mass is 158 g/mol. The topological polar surface area (TPSA) is 74.1 Å². The van der Waals surface area contributed by atoms with Gasteiger partial charge in [0.2, 0.25) is 12.8 Å².